The molecule has 1 aromatic rings. The molecule has 0 radical (unpaired) electrons. The van der Waals surface area contributed by atoms with E-state index in [4.69, 9.17) is 0 Å². The van der Waals surface area contributed by atoms with E-state index in [1.165, 1.54) is 0 Å². The van der Waals surface area contributed by atoms with Crippen molar-refractivity contribution in [2.24, 2.45) is 10.9 Å². The van der Waals surface area contributed by atoms with E-state index in [0.29, 0.717) is 25.3 Å². The molecule has 1 aliphatic heterocycles. The zero-order valence-corrected chi connectivity index (χ0v) is 18.4. The number of guanidine groups is 1. The summed E-state index contributed by atoms with van der Waals surface area (Å²) in [4.78, 5) is 18.4. The van der Waals surface area contributed by atoms with Gasteiger partial charge >= 0.3 is 0 Å². The van der Waals surface area contributed by atoms with Crippen molar-refractivity contribution < 1.29 is 13.2 Å². The van der Waals surface area contributed by atoms with Gasteiger partial charge in [0.15, 0.2) is 15.8 Å². The van der Waals surface area contributed by atoms with E-state index in [-0.39, 0.29) is 17.4 Å². The minimum atomic E-state index is -3.13. The van der Waals surface area contributed by atoms with Gasteiger partial charge in [-0.3, -0.25) is 9.79 Å². The van der Waals surface area contributed by atoms with E-state index in [1.54, 1.807) is 7.05 Å². The first kappa shape index (κ1) is 23.2. The smallest absolute Gasteiger partial charge is 0.220 e. The molecular formula is C21H34N4O3S. The molecule has 0 aromatic heterocycles. The molecule has 1 aromatic carbocycles. The first-order valence-electron chi connectivity index (χ1n) is 10.4. The lowest BCUT2D eigenvalue weighted by molar-refractivity contribution is -0.121. The van der Waals surface area contributed by atoms with Crippen LogP contribution in [-0.2, 0) is 20.4 Å². The second-order valence-corrected chi connectivity index (χ2v) is 9.66. The summed E-state index contributed by atoms with van der Waals surface area (Å²) < 4.78 is 24.6. The van der Waals surface area contributed by atoms with E-state index >= 15 is 0 Å². The topological polar surface area (TPSA) is 90.9 Å². The van der Waals surface area contributed by atoms with Crippen molar-refractivity contribution in [3.8, 4) is 0 Å². The van der Waals surface area contributed by atoms with Crippen LogP contribution in [0.15, 0.2) is 35.3 Å². The number of benzene rings is 1. The minimum Gasteiger partial charge on any atom is -0.359 e. The normalized spacial score (nSPS) is 15.9. The van der Waals surface area contributed by atoms with Crippen LogP contribution in [0.2, 0.25) is 0 Å². The van der Waals surface area contributed by atoms with Crippen molar-refractivity contribution >= 4 is 21.7 Å². The molecule has 0 spiro atoms. The zero-order chi connectivity index (χ0) is 21.1. The molecule has 1 saturated heterocycles. The Hall–Kier alpha value is -2.09. The van der Waals surface area contributed by atoms with Gasteiger partial charge in [0.1, 0.15) is 0 Å². The number of nitrogens with zero attached hydrogens (tertiary/aromatic N) is 2. The van der Waals surface area contributed by atoms with Gasteiger partial charge in [-0.2, -0.15) is 0 Å². The summed E-state index contributed by atoms with van der Waals surface area (Å²) in [6.45, 7) is 5.00. The maximum absolute atomic E-state index is 12.3. The molecular weight excluding hydrogens is 388 g/mol. The lowest BCUT2D eigenvalue weighted by Crippen LogP contribution is -2.46. The molecule has 2 rings (SSSR count). The maximum atomic E-state index is 12.3. The fraction of sp³-hybridized carbons (Fsp3) is 0.619. The number of carbonyl (C=O) groups excluding carboxylic acids is 1. The number of hydrogen-bond acceptors (Lipinski definition) is 4. The second kappa shape index (κ2) is 11.8. The highest BCUT2D eigenvalue weighted by Crippen LogP contribution is 2.20. The average Bonchev–Trinajstić information content (AvgIpc) is 2.71. The number of likely N-dealkylation sites (tertiary alicyclic amines) is 1. The predicted octanol–water partition coefficient (Wildman–Crippen LogP) is 1.81. The van der Waals surface area contributed by atoms with Crippen molar-refractivity contribution in [3.63, 3.8) is 0 Å². The zero-order valence-electron chi connectivity index (χ0n) is 17.6. The number of piperidine rings is 1. The van der Waals surface area contributed by atoms with Crippen LogP contribution in [-0.4, -0.2) is 64.2 Å². The molecule has 0 bridgehead atoms. The Labute approximate surface area is 174 Å². The van der Waals surface area contributed by atoms with E-state index in [1.807, 2.05) is 37.3 Å². The molecule has 0 atom stereocenters. The molecule has 1 fully saturated rings. The predicted molar refractivity (Wildman–Crippen MR) is 118 cm³/mol. The van der Waals surface area contributed by atoms with Gasteiger partial charge in [0.25, 0.3) is 0 Å². The third-order valence-corrected chi connectivity index (χ3v) is 6.79. The molecule has 2 N–H and O–H groups in total. The number of carbonyl (C=O) groups is 1. The van der Waals surface area contributed by atoms with Gasteiger partial charge in [-0.25, -0.2) is 8.42 Å². The summed E-state index contributed by atoms with van der Waals surface area (Å²) in [6.07, 6.45) is 3.01. The van der Waals surface area contributed by atoms with Gasteiger partial charge in [0.05, 0.1) is 11.5 Å². The SMILES string of the molecule is CCNC(=NCCCS(=O)(=O)Cc1ccccc1)N1CCC(CC(=O)NC)CC1. The lowest BCUT2D eigenvalue weighted by atomic mass is 9.93. The van der Waals surface area contributed by atoms with Crippen LogP contribution < -0.4 is 10.6 Å². The lowest BCUT2D eigenvalue weighted by Gasteiger charge is -2.34. The van der Waals surface area contributed by atoms with Crippen LogP contribution in [0.1, 0.15) is 38.2 Å². The Bertz CT molecular complexity index is 757. The average molecular weight is 423 g/mol. The van der Waals surface area contributed by atoms with Crippen LogP contribution >= 0.6 is 0 Å². The maximum Gasteiger partial charge on any atom is 0.220 e. The van der Waals surface area contributed by atoms with Gasteiger partial charge in [-0.05, 0) is 37.7 Å². The van der Waals surface area contributed by atoms with Gasteiger partial charge in [-0.1, -0.05) is 30.3 Å². The first-order chi connectivity index (χ1) is 13.9. The Morgan fingerprint density at radius 2 is 1.90 bits per heavy atom. The molecule has 29 heavy (non-hydrogen) atoms. The van der Waals surface area contributed by atoms with Gasteiger partial charge in [0.2, 0.25) is 5.91 Å². The molecule has 8 heteroatoms. The number of nitrogens with one attached hydrogen (secondary N) is 2. The summed E-state index contributed by atoms with van der Waals surface area (Å²) in [5.74, 6) is 1.57. The van der Waals surface area contributed by atoms with Crippen LogP contribution in [0.4, 0.5) is 0 Å². The summed E-state index contributed by atoms with van der Waals surface area (Å²) in [5, 5.41) is 5.99. The molecule has 1 amide bonds. The van der Waals surface area contributed by atoms with Gasteiger partial charge < -0.3 is 15.5 Å². The van der Waals surface area contributed by atoms with Crippen LogP contribution in [0.3, 0.4) is 0 Å². The fourth-order valence-corrected chi connectivity index (χ4v) is 4.92. The quantitative estimate of drug-likeness (QED) is 0.360. The highest BCUT2D eigenvalue weighted by Gasteiger charge is 2.23. The summed E-state index contributed by atoms with van der Waals surface area (Å²) in [5.41, 5.74) is 0.823. The number of hydrogen-bond donors (Lipinski definition) is 2. The molecule has 0 saturated carbocycles. The molecule has 1 heterocycles. The number of sulfone groups is 1. The van der Waals surface area contributed by atoms with Crippen molar-refractivity contribution in [1.82, 2.24) is 15.5 Å². The minimum absolute atomic E-state index is 0.0798. The molecule has 7 nitrogen and oxygen atoms in total. The van der Waals surface area contributed by atoms with Gasteiger partial charge in [-0.15, -0.1) is 0 Å². The van der Waals surface area contributed by atoms with E-state index < -0.39 is 9.84 Å². The highest BCUT2D eigenvalue weighted by molar-refractivity contribution is 7.90. The van der Waals surface area contributed by atoms with E-state index in [9.17, 15) is 13.2 Å². The fourth-order valence-electron chi connectivity index (χ4n) is 3.51. The highest BCUT2D eigenvalue weighted by atomic mass is 32.2. The van der Waals surface area contributed by atoms with Crippen LogP contribution in [0.5, 0.6) is 0 Å². The number of rotatable bonds is 9. The largest absolute Gasteiger partial charge is 0.359 e. The molecule has 162 valence electrons. The number of aliphatic imine (C=N–C) groups is 1. The Kier molecular flexibility index (Phi) is 9.44. The van der Waals surface area contributed by atoms with Crippen molar-refractivity contribution in [1.29, 1.82) is 0 Å². The van der Waals surface area contributed by atoms with Crippen LogP contribution in [0, 0.1) is 5.92 Å². The monoisotopic (exact) mass is 422 g/mol. The standard InChI is InChI=1S/C21H34N4O3S/c1-3-23-21(25-13-10-18(11-14-25)16-20(26)22-2)24-12-7-15-29(27,28)17-19-8-5-4-6-9-19/h4-6,8-9,18H,3,7,10-17H2,1-2H3,(H,22,26)(H,23,24). The van der Waals surface area contributed by atoms with Gasteiger partial charge in [0, 0.05) is 39.6 Å². The Balaban J connectivity index is 1.81. The van der Waals surface area contributed by atoms with Crippen molar-refractivity contribution in [3.05, 3.63) is 35.9 Å². The van der Waals surface area contributed by atoms with Crippen molar-refractivity contribution in [2.75, 3.05) is 39.0 Å². The number of amides is 1. The third kappa shape index (κ3) is 8.43. The summed E-state index contributed by atoms with van der Waals surface area (Å²) >= 11 is 0. The molecule has 1 aliphatic rings. The second-order valence-electron chi connectivity index (χ2n) is 7.47. The molecule has 0 aliphatic carbocycles. The van der Waals surface area contributed by atoms with E-state index in [0.717, 1.165) is 44.0 Å². The summed E-state index contributed by atoms with van der Waals surface area (Å²) in [6, 6.07) is 9.28. The van der Waals surface area contributed by atoms with Crippen LogP contribution in [0.25, 0.3) is 0 Å². The van der Waals surface area contributed by atoms with Crippen molar-refractivity contribution in [2.45, 2.75) is 38.4 Å². The van der Waals surface area contributed by atoms with E-state index in [2.05, 4.69) is 20.5 Å². The molecule has 0 unspecified atom stereocenters. The Morgan fingerprint density at radius 3 is 2.52 bits per heavy atom. The third-order valence-electron chi connectivity index (χ3n) is 5.11. The summed E-state index contributed by atoms with van der Waals surface area (Å²) in [7, 11) is -1.46. The first-order valence-corrected chi connectivity index (χ1v) is 12.2. The Morgan fingerprint density at radius 1 is 1.21 bits per heavy atom.